The molecular formula is C15H16N2O. The Morgan fingerprint density at radius 1 is 1.17 bits per heavy atom. The number of nitrogens with two attached hydrogens (primary N) is 1. The Morgan fingerprint density at radius 3 is 2.67 bits per heavy atom. The van der Waals surface area contributed by atoms with Crippen molar-refractivity contribution in [3.63, 3.8) is 0 Å². The Hall–Kier alpha value is -2.29. The van der Waals surface area contributed by atoms with Gasteiger partial charge < -0.3 is 11.1 Å². The number of primary amides is 1. The Balaban J connectivity index is 2.13. The Labute approximate surface area is 107 Å². The monoisotopic (exact) mass is 240 g/mol. The molecular weight excluding hydrogens is 224 g/mol. The van der Waals surface area contributed by atoms with Crippen LogP contribution in [0, 0.1) is 6.92 Å². The number of anilines is 1. The van der Waals surface area contributed by atoms with E-state index in [-0.39, 0.29) is 0 Å². The minimum Gasteiger partial charge on any atom is -0.380 e. The topological polar surface area (TPSA) is 55.1 Å². The maximum absolute atomic E-state index is 11.3. The Bertz CT molecular complexity index is 564. The highest BCUT2D eigenvalue weighted by molar-refractivity contribution is 5.98. The molecule has 2 aromatic carbocycles. The van der Waals surface area contributed by atoms with Crippen molar-refractivity contribution in [2.75, 3.05) is 5.32 Å². The van der Waals surface area contributed by atoms with Crippen molar-refractivity contribution in [2.45, 2.75) is 13.5 Å². The van der Waals surface area contributed by atoms with E-state index in [4.69, 9.17) is 5.73 Å². The molecule has 0 aliphatic rings. The number of hydrogen-bond acceptors (Lipinski definition) is 2. The number of benzene rings is 2. The standard InChI is InChI=1S/C15H16N2O/c1-11-5-4-6-12(9-11)10-17-14-8-3-2-7-13(14)15(16)18/h2-9,17H,10H2,1H3,(H2,16,18). The van der Waals surface area contributed by atoms with Crippen molar-refractivity contribution in [2.24, 2.45) is 5.73 Å². The normalized spacial score (nSPS) is 10.1. The fourth-order valence-electron chi connectivity index (χ4n) is 1.87. The van der Waals surface area contributed by atoms with Crippen LogP contribution < -0.4 is 11.1 Å². The van der Waals surface area contributed by atoms with E-state index in [2.05, 4.69) is 24.4 Å². The molecule has 2 rings (SSSR count). The van der Waals surface area contributed by atoms with E-state index in [1.54, 1.807) is 12.1 Å². The maximum atomic E-state index is 11.3. The third kappa shape index (κ3) is 2.88. The molecule has 0 atom stereocenters. The number of rotatable bonds is 4. The van der Waals surface area contributed by atoms with Gasteiger partial charge in [-0.2, -0.15) is 0 Å². The van der Waals surface area contributed by atoms with Crippen LogP contribution in [0.1, 0.15) is 21.5 Å². The minimum absolute atomic E-state index is 0.414. The van der Waals surface area contributed by atoms with E-state index in [9.17, 15) is 4.79 Å². The number of amides is 1. The smallest absolute Gasteiger partial charge is 0.250 e. The Morgan fingerprint density at radius 2 is 1.94 bits per heavy atom. The molecule has 92 valence electrons. The lowest BCUT2D eigenvalue weighted by Gasteiger charge is -2.10. The van der Waals surface area contributed by atoms with Gasteiger partial charge in [-0.1, -0.05) is 42.0 Å². The minimum atomic E-state index is -0.414. The zero-order chi connectivity index (χ0) is 13.0. The fourth-order valence-corrected chi connectivity index (χ4v) is 1.87. The highest BCUT2D eigenvalue weighted by atomic mass is 16.1. The van der Waals surface area contributed by atoms with E-state index in [1.165, 1.54) is 11.1 Å². The number of hydrogen-bond donors (Lipinski definition) is 2. The molecule has 0 bridgehead atoms. The number of carbonyl (C=O) groups excluding carboxylic acids is 1. The summed E-state index contributed by atoms with van der Waals surface area (Å²) in [4.78, 5) is 11.3. The molecule has 2 aromatic rings. The third-order valence-electron chi connectivity index (χ3n) is 2.76. The average molecular weight is 240 g/mol. The average Bonchev–Trinajstić information content (AvgIpc) is 2.37. The molecule has 0 aromatic heterocycles. The summed E-state index contributed by atoms with van der Waals surface area (Å²) in [6, 6.07) is 15.5. The summed E-state index contributed by atoms with van der Waals surface area (Å²) in [5.41, 5.74) is 9.01. The summed E-state index contributed by atoms with van der Waals surface area (Å²) >= 11 is 0. The van der Waals surface area contributed by atoms with Gasteiger partial charge in [0.05, 0.1) is 5.56 Å². The van der Waals surface area contributed by atoms with Gasteiger partial charge in [-0.15, -0.1) is 0 Å². The van der Waals surface area contributed by atoms with E-state index < -0.39 is 5.91 Å². The zero-order valence-electron chi connectivity index (χ0n) is 10.3. The van der Waals surface area contributed by atoms with E-state index in [0.29, 0.717) is 12.1 Å². The first-order valence-electron chi connectivity index (χ1n) is 5.85. The second-order valence-electron chi connectivity index (χ2n) is 4.25. The van der Waals surface area contributed by atoms with Crippen molar-refractivity contribution in [1.29, 1.82) is 0 Å². The highest BCUT2D eigenvalue weighted by Crippen LogP contribution is 2.15. The number of para-hydroxylation sites is 1. The van der Waals surface area contributed by atoms with Crippen molar-refractivity contribution in [3.8, 4) is 0 Å². The SMILES string of the molecule is Cc1cccc(CNc2ccccc2C(N)=O)c1. The van der Waals surface area contributed by atoms with Crippen LogP contribution in [0.3, 0.4) is 0 Å². The van der Waals surface area contributed by atoms with Crippen LogP contribution in [0.2, 0.25) is 0 Å². The molecule has 18 heavy (non-hydrogen) atoms. The maximum Gasteiger partial charge on any atom is 0.250 e. The molecule has 3 heteroatoms. The van der Waals surface area contributed by atoms with Crippen molar-refractivity contribution >= 4 is 11.6 Å². The van der Waals surface area contributed by atoms with Crippen molar-refractivity contribution in [1.82, 2.24) is 0 Å². The molecule has 0 heterocycles. The quantitative estimate of drug-likeness (QED) is 0.863. The first-order chi connectivity index (χ1) is 8.66. The van der Waals surface area contributed by atoms with Crippen LogP contribution in [0.15, 0.2) is 48.5 Å². The van der Waals surface area contributed by atoms with E-state index in [1.807, 2.05) is 24.3 Å². The van der Waals surface area contributed by atoms with Gasteiger partial charge in [-0.05, 0) is 24.6 Å². The predicted octanol–water partition coefficient (Wildman–Crippen LogP) is 2.71. The van der Waals surface area contributed by atoms with Gasteiger partial charge in [0.15, 0.2) is 0 Å². The third-order valence-corrected chi connectivity index (χ3v) is 2.76. The van der Waals surface area contributed by atoms with Gasteiger partial charge in [0.2, 0.25) is 0 Å². The molecule has 0 fully saturated rings. The number of nitrogens with one attached hydrogen (secondary N) is 1. The predicted molar refractivity (Wildman–Crippen MR) is 73.5 cm³/mol. The van der Waals surface area contributed by atoms with Crippen LogP contribution in [-0.4, -0.2) is 5.91 Å². The second kappa shape index (κ2) is 5.36. The van der Waals surface area contributed by atoms with Crippen LogP contribution in [0.4, 0.5) is 5.69 Å². The molecule has 0 saturated heterocycles. The van der Waals surface area contributed by atoms with Gasteiger partial charge in [0.1, 0.15) is 0 Å². The fraction of sp³-hybridized carbons (Fsp3) is 0.133. The van der Waals surface area contributed by atoms with Crippen LogP contribution >= 0.6 is 0 Å². The van der Waals surface area contributed by atoms with Crippen LogP contribution in [-0.2, 0) is 6.54 Å². The largest absolute Gasteiger partial charge is 0.380 e. The van der Waals surface area contributed by atoms with Gasteiger partial charge in [-0.25, -0.2) is 0 Å². The zero-order valence-corrected chi connectivity index (χ0v) is 10.3. The van der Waals surface area contributed by atoms with E-state index in [0.717, 1.165) is 5.69 Å². The first kappa shape index (κ1) is 12.2. The first-order valence-corrected chi connectivity index (χ1v) is 5.85. The second-order valence-corrected chi connectivity index (χ2v) is 4.25. The lowest BCUT2D eigenvalue weighted by Crippen LogP contribution is -2.14. The van der Waals surface area contributed by atoms with Crippen LogP contribution in [0.5, 0.6) is 0 Å². The summed E-state index contributed by atoms with van der Waals surface area (Å²) in [5.74, 6) is -0.414. The van der Waals surface area contributed by atoms with Gasteiger partial charge in [-0.3, -0.25) is 4.79 Å². The Kier molecular flexibility index (Phi) is 3.63. The summed E-state index contributed by atoms with van der Waals surface area (Å²) in [6.07, 6.45) is 0. The molecule has 0 aliphatic carbocycles. The van der Waals surface area contributed by atoms with Crippen LogP contribution in [0.25, 0.3) is 0 Å². The lowest BCUT2D eigenvalue weighted by atomic mass is 10.1. The number of carbonyl (C=O) groups is 1. The molecule has 3 nitrogen and oxygen atoms in total. The lowest BCUT2D eigenvalue weighted by molar-refractivity contribution is 0.100. The summed E-state index contributed by atoms with van der Waals surface area (Å²) < 4.78 is 0. The molecule has 0 unspecified atom stereocenters. The summed E-state index contributed by atoms with van der Waals surface area (Å²) in [6.45, 7) is 2.73. The number of aryl methyl sites for hydroxylation is 1. The molecule has 0 radical (unpaired) electrons. The van der Waals surface area contributed by atoms with E-state index >= 15 is 0 Å². The molecule has 0 spiro atoms. The van der Waals surface area contributed by atoms with Crippen molar-refractivity contribution in [3.05, 3.63) is 65.2 Å². The molecule has 0 aliphatic heterocycles. The molecule has 1 amide bonds. The molecule has 0 saturated carbocycles. The summed E-state index contributed by atoms with van der Waals surface area (Å²) in [7, 11) is 0. The highest BCUT2D eigenvalue weighted by Gasteiger charge is 2.06. The van der Waals surface area contributed by atoms with Gasteiger partial charge in [0, 0.05) is 12.2 Å². The molecule has 3 N–H and O–H groups in total. The van der Waals surface area contributed by atoms with Gasteiger partial charge >= 0.3 is 0 Å². The van der Waals surface area contributed by atoms with Gasteiger partial charge in [0.25, 0.3) is 5.91 Å². The van der Waals surface area contributed by atoms with Crippen molar-refractivity contribution < 1.29 is 4.79 Å². The summed E-state index contributed by atoms with van der Waals surface area (Å²) in [5, 5.41) is 3.24.